The van der Waals surface area contributed by atoms with E-state index in [4.69, 9.17) is 0 Å². The molecule has 0 aromatic heterocycles. The third-order valence-electron chi connectivity index (χ3n) is 6.48. The number of carbonyl (C=O) groups is 2. The molecule has 1 atom stereocenters. The smallest absolute Gasteiger partial charge is 0.234 e. The van der Waals surface area contributed by atoms with E-state index in [9.17, 15) is 9.59 Å². The fourth-order valence-corrected chi connectivity index (χ4v) is 4.81. The number of hydrogen-bond acceptors (Lipinski definition) is 4. The van der Waals surface area contributed by atoms with E-state index in [-0.39, 0.29) is 17.7 Å². The number of imide groups is 1. The fourth-order valence-electron chi connectivity index (χ4n) is 4.81. The van der Waals surface area contributed by atoms with E-state index in [1.807, 2.05) is 0 Å². The van der Waals surface area contributed by atoms with E-state index in [1.165, 1.54) is 57.4 Å². The average Bonchev–Trinajstić information content (AvgIpc) is 2.70. The first-order valence-electron chi connectivity index (χ1n) is 10.6. The van der Waals surface area contributed by atoms with Gasteiger partial charge in [-0.3, -0.25) is 14.9 Å². The summed E-state index contributed by atoms with van der Waals surface area (Å²) < 4.78 is 0. The minimum Gasteiger partial charge on any atom is -0.372 e. The molecule has 3 fully saturated rings. The standard InChI is InChI=1S/C22H31N3O2/c26-21-9-8-20(22(27)23-21)18-4-6-19(7-5-18)25-14-10-17(11-15-25)16-24-12-2-1-3-13-24/h4-7,17,20H,1-3,8-16H2,(H,23,26,27). The molecule has 0 radical (unpaired) electrons. The summed E-state index contributed by atoms with van der Waals surface area (Å²) in [6, 6.07) is 8.42. The van der Waals surface area contributed by atoms with E-state index in [0.717, 1.165) is 24.6 Å². The molecule has 146 valence electrons. The van der Waals surface area contributed by atoms with Crippen molar-refractivity contribution in [1.82, 2.24) is 10.2 Å². The summed E-state index contributed by atoms with van der Waals surface area (Å²) >= 11 is 0. The van der Waals surface area contributed by atoms with Gasteiger partial charge in [-0.25, -0.2) is 0 Å². The molecular weight excluding hydrogens is 338 g/mol. The lowest BCUT2D eigenvalue weighted by atomic mass is 9.90. The van der Waals surface area contributed by atoms with Crippen LogP contribution in [0.5, 0.6) is 0 Å². The Morgan fingerprint density at radius 2 is 1.59 bits per heavy atom. The number of likely N-dealkylation sites (tertiary alicyclic amines) is 1. The van der Waals surface area contributed by atoms with Gasteiger partial charge in [0.05, 0.1) is 5.92 Å². The SMILES string of the molecule is O=C1CCC(c2ccc(N3CCC(CN4CCCCC4)CC3)cc2)C(=O)N1. The van der Waals surface area contributed by atoms with Crippen molar-refractivity contribution in [2.75, 3.05) is 37.6 Å². The quantitative estimate of drug-likeness (QED) is 0.829. The van der Waals surface area contributed by atoms with Crippen LogP contribution in [-0.2, 0) is 9.59 Å². The maximum atomic E-state index is 12.0. The Bertz CT molecular complexity index is 659. The number of amides is 2. The summed E-state index contributed by atoms with van der Waals surface area (Å²) in [6.45, 7) is 6.11. The lowest BCUT2D eigenvalue weighted by molar-refractivity contribution is -0.134. The molecule has 5 nitrogen and oxygen atoms in total. The van der Waals surface area contributed by atoms with Crippen molar-refractivity contribution in [3.05, 3.63) is 29.8 Å². The second-order valence-corrected chi connectivity index (χ2v) is 8.39. The van der Waals surface area contributed by atoms with Crippen molar-refractivity contribution < 1.29 is 9.59 Å². The van der Waals surface area contributed by atoms with Gasteiger partial charge in [-0.05, 0) is 68.8 Å². The molecule has 0 saturated carbocycles. The second kappa shape index (κ2) is 8.42. The number of anilines is 1. The van der Waals surface area contributed by atoms with Gasteiger partial charge in [0.1, 0.15) is 0 Å². The molecule has 1 aromatic rings. The summed E-state index contributed by atoms with van der Waals surface area (Å²) in [7, 11) is 0. The Balaban J connectivity index is 1.29. The third kappa shape index (κ3) is 4.52. The number of rotatable bonds is 4. The second-order valence-electron chi connectivity index (χ2n) is 8.39. The van der Waals surface area contributed by atoms with Crippen LogP contribution in [0, 0.1) is 5.92 Å². The summed E-state index contributed by atoms with van der Waals surface area (Å²) in [5, 5.41) is 2.45. The summed E-state index contributed by atoms with van der Waals surface area (Å²) in [6.07, 6.45) is 7.74. The van der Waals surface area contributed by atoms with Gasteiger partial charge >= 0.3 is 0 Å². The van der Waals surface area contributed by atoms with Gasteiger partial charge in [-0.2, -0.15) is 0 Å². The highest BCUT2D eigenvalue weighted by Crippen LogP contribution is 2.29. The zero-order valence-electron chi connectivity index (χ0n) is 16.2. The third-order valence-corrected chi connectivity index (χ3v) is 6.48. The van der Waals surface area contributed by atoms with Crippen molar-refractivity contribution in [2.24, 2.45) is 5.92 Å². The molecule has 3 heterocycles. The minimum absolute atomic E-state index is 0.153. The molecule has 4 rings (SSSR count). The maximum absolute atomic E-state index is 12.0. The maximum Gasteiger partial charge on any atom is 0.234 e. The molecule has 5 heteroatoms. The van der Waals surface area contributed by atoms with Gasteiger partial charge in [-0.15, -0.1) is 0 Å². The predicted molar refractivity (Wildman–Crippen MR) is 107 cm³/mol. The fraction of sp³-hybridized carbons (Fsp3) is 0.636. The molecule has 0 bridgehead atoms. The molecule has 0 aliphatic carbocycles. The number of piperidine rings is 3. The molecule has 3 saturated heterocycles. The van der Waals surface area contributed by atoms with Crippen LogP contribution in [-0.4, -0.2) is 49.4 Å². The normalized spacial score (nSPS) is 25.5. The highest BCUT2D eigenvalue weighted by Gasteiger charge is 2.28. The van der Waals surface area contributed by atoms with Gasteiger partial charge in [0.15, 0.2) is 0 Å². The van der Waals surface area contributed by atoms with Crippen LogP contribution >= 0.6 is 0 Å². The Labute approximate surface area is 162 Å². The van der Waals surface area contributed by atoms with Crippen LogP contribution in [0.4, 0.5) is 5.69 Å². The lowest BCUT2D eigenvalue weighted by Gasteiger charge is -2.37. The zero-order chi connectivity index (χ0) is 18.6. The molecule has 3 aliphatic heterocycles. The van der Waals surface area contributed by atoms with Gasteiger partial charge in [0, 0.05) is 31.7 Å². The van der Waals surface area contributed by atoms with Gasteiger partial charge in [-0.1, -0.05) is 18.6 Å². The summed E-state index contributed by atoms with van der Waals surface area (Å²) in [4.78, 5) is 28.5. The number of benzene rings is 1. The highest BCUT2D eigenvalue weighted by atomic mass is 16.2. The topological polar surface area (TPSA) is 52.7 Å². The molecule has 1 aromatic carbocycles. The molecular formula is C22H31N3O2. The van der Waals surface area contributed by atoms with Crippen molar-refractivity contribution >= 4 is 17.5 Å². The van der Waals surface area contributed by atoms with E-state index < -0.39 is 0 Å². The van der Waals surface area contributed by atoms with Crippen LogP contribution in [0.3, 0.4) is 0 Å². The Morgan fingerprint density at radius 3 is 2.26 bits per heavy atom. The molecule has 1 unspecified atom stereocenters. The highest BCUT2D eigenvalue weighted by molar-refractivity contribution is 6.00. The lowest BCUT2D eigenvalue weighted by Crippen LogP contribution is -2.40. The Kier molecular flexibility index (Phi) is 5.77. The first kappa shape index (κ1) is 18.5. The van der Waals surface area contributed by atoms with Gasteiger partial charge in [0.25, 0.3) is 0 Å². The number of nitrogens with one attached hydrogen (secondary N) is 1. The molecule has 2 amide bonds. The molecule has 27 heavy (non-hydrogen) atoms. The van der Waals surface area contributed by atoms with Gasteiger partial charge in [0.2, 0.25) is 11.8 Å². The first-order chi connectivity index (χ1) is 13.2. The van der Waals surface area contributed by atoms with Crippen LogP contribution in [0.25, 0.3) is 0 Å². The van der Waals surface area contributed by atoms with Crippen molar-refractivity contribution in [1.29, 1.82) is 0 Å². The Hall–Kier alpha value is -1.88. The van der Waals surface area contributed by atoms with Crippen LogP contribution in [0.1, 0.15) is 56.4 Å². The largest absolute Gasteiger partial charge is 0.372 e. The predicted octanol–water partition coefficient (Wildman–Crippen LogP) is 2.91. The number of nitrogens with zero attached hydrogens (tertiary/aromatic N) is 2. The zero-order valence-corrected chi connectivity index (χ0v) is 16.2. The van der Waals surface area contributed by atoms with Crippen molar-refractivity contribution in [2.45, 2.75) is 50.9 Å². The van der Waals surface area contributed by atoms with Gasteiger partial charge < -0.3 is 9.80 Å². The monoisotopic (exact) mass is 369 g/mol. The van der Waals surface area contributed by atoms with E-state index in [0.29, 0.717) is 12.8 Å². The Morgan fingerprint density at radius 1 is 0.889 bits per heavy atom. The van der Waals surface area contributed by atoms with Crippen molar-refractivity contribution in [3.8, 4) is 0 Å². The van der Waals surface area contributed by atoms with Crippen LogP contribution in [0.15, 0.2) is 24.3 Å². The first-order valence-corrected chi connectivity index (χ1v) is 10.6. The molecule has 3 aliphatic rings. The van der Waals surface area contributed by atoms with E-state index in [2.05, 4.69) is 39.4 Å². The number of carbonyl (C=O) groups excluding carboxylic acids is 2. The number of hydrogen-bond donors (Lipinski definition) is 1. The molecule has 1 N–H and O–H groups in total. The average molecular weight is 370 g/mol. The summed E-state index contributed by atoms with van der Waals surface area (Å²) in [5.74, 6) is 0.340. The minimum atomic E-state index is -0.188. The summed E-state index contributed by atoms with van der Waals surface area (Å²) in [5.41, 5.74) is 2.27. The van der Waals surface area contributed by atoms with E-state index in [1.54, 1.807) is 0 Å². The van der Waals surface area contributed by atoms with Crippen molar-refractivity contribution in [3.63, 3.8) is 0 Å². The van der Waals surface area contributed by atoms with Crippen LogP contribution in [0.2, 0.25) is 0 Å². The molecule has 0 spiro atoms. The van der Waals surface area contributed by atoms with Crippen LogP contribution < -0.4 is 10.2 Å². The van der Waals surface area contributed by atoms with E-state index >= 15 is 0 Å².